The number of benzene rings is 13. The Kier molecular flexibility index (Phi) is 10.7. The lowest BCUT2D eigenvalue weighted by molar-refractivity contribution is 0.714. The summed E-state index contributed by atoms with van der Waals surface area (Å²) in [5.74, 6) is 0. The number of nitrogens with zero attached hydrogens (tertiary/aromatic N) is 1. The van der Waals surface area contributed by atoms with Crippen molar-refractivity contribution in [1.29, 1.82) is 0 Å². The third-order valence-corrected chi connectivity index (χ3v) is 15.9. The molecule has 1 nitrogen and oxygen atoms in total. The lowest BCUT2D eigenvalue weighted by atomic mass is 9.73. The summed E-state index contributed by atoms with van der Waals surface area (Å²) < 4.78 is 0. The molecule has 13 aromatic carbocycles. The maximum Gasteiger partial charge on any atom is 0.0512 e. The van der Waals surface area contributed by atoms with Crippen molar-refractivity contribution < 1.29 is 0 Å². The molecule has 0 fully saturated rings. The predicted molar refractivity (Wildman–Crippen MR) is 318 cm³/mol. The van der Waals surface area contributed by atoms with Gasteiger partial charge in [0.25, 0.3) is 0 Å². The number of rotatable bonds is 9. The number of anilines is 3. The maximum absolute atomic E-state index is 2.50. The molecule has 0 bridgehead atoms. The van der Waals surface area contributed by atoms with Gasteiger partial charge in [-0.15, -0.1) is 0 Å². The van der Waals surface area contributed by atoms with E-state index >= 15 is 0 Å². The van der Waals surface area contributed by atoms with Crippen LogP contribution in [0.25, 0.3) is 99.1 Å². The Bertz CT molecular complexity index is 4270. The van der Waals surface area contributed by atoms with Gasteiger partial charge >= 0.3 is 0 Å². The van der Waals surface area contributed by atoms with Crippen LogP contribution < -0.4 is 4.90 Å². The summed E-state index contributed by atoms with van der Waals surface area (Å²) >= 11 is 0. The fraction of sp³-hybridized carbons (Fsp3) is 0.0270. The van der Waals surface area contributed by atoms with Crippen molar-refractivity contribution in [2.45, 2.75) is 12.3 Å². The molecule has 0 amide bonds. The maximum atomic E-state index is 2.50. The third kappa shape index (κ3) is 7.39. The molecule has 0 saturated carbocycles. The molecule has 0 aromatic heterocycles. The van der Waals surface area contributed by atoms with Crippen molar-refractivity contribution in [2.75, 3.05) is 4.90 Å². The van der Waals surface area contributed by atoms with Crippen molar-refractivity contribution in [3.05, 3.63) is 308 Å². The quantitative estimate of drug-likeness (QED) is 0.130. The van der Waals surface area contributed by atoms with Crippen LogP contribution in [0.3, 0.4) is 0 Å². The minimum Gasteiger partial charge on any atom is -0.310 e. The zero-order valence-corrected chi connectivity index (χ0v) is 41.7. The van der Waals surface area contributed by atoms with E-state index in [0.717, 1.165) is 28.2 Å². The van der Waals surface area contributed by atoms with Gasteiger partial charge in [-0.2, -0.15) is 0 Å². The Balaban J connectivity index is 0.942. The largest absolute Gasteiger partial charge is 0.310 e. The molecule has 1 aliphatic carbocycles. The van der Waals surface area contributed by atoms with Gasteiger partial charge in [-0.3, -0.25) is 0 Å². The Morgan fingerprint density at radius 1 is 0.280 bits per heavy atom. The predicted octanol–water partition coefficient (Wildman–Crippen LogP) is 20.3. The molecule has 14 rings (SSSR count). The average Bonchev–Trinajstić information content (AvgIpc) is 3.80. The summed E-state index contributed by atoms with van der Waals surface area (Å²) in [5, 5.41) is 7.50. The van der Waals surface area contributed by atoms with E-state index in [1.807, 2.05) is 0 Å². The van der Waals surface area contributed by atoms with Gasteiger partial charge in [-0.25, -0.2) is 0 Å². The highest BCUT2D eigenvalue weighted by Crippen LogP contribution is 2.57. The van der Waals surface area contributed by atoms with Crippen molar-refractivity contribution in [3.8, 4) is 66.8 Å². The summed E-state index contributed by atoms with van der Waals surface area (Å²) in [6.07, 6.45) is 0. The standard InChI is InChI=1S/C74H51N/c1-74(58-27-9-4-10-28-58)69-36-16-15-32-65(69)67-35-19-37-70(73(67)74)75(59-45-42-51(43-46-59)50-38-40-53(41-39-50)62-34-18-25-52-20-11-12-30-61(52)62)60-29-17-26-56(48-60)57-44-47-64-63-31-13-14-33-66(63)71(54-21-5-2-6-22-54)72(68(64)49-57)55-23-7-3-8-24-55/h2-49H,1H3. The van der Waals surface area contributed by atoms with Gasteiger partial charge in [0.15, 0.2) is 0 Å². The fourth-order valence-corrected chi connectivity index (χ4v) is 12.4. The van der Waals surface area contributed by atoms with E-state index < -0.39 is 5.41 Å². The summed E-state index contributed by atoms with van der Waals surface area (Å²) in [6.45, 7) is 2.42. The highest BCUT2D eigenvalue weighted by molar-refractivity contribution is 6.22. The molecule has 1 atom stereocenters. The lowest BCUT2D eigenvalue weighted by Gasteiger charge is -2.35. The summed E-state index contributed by atoms with van der Waals surface area (Å²) in [7, 11) is 0. The zero-order valence-electron chi connectivity index (χ0n) is 41.7. The molecular weight excluding hydrogens is 903 g/mol. The molecule has 75 heavy (non-hydrogen) atoms. The highest BCUT2D eigenvalue weighted by atomic mass is 15.1. The molecule has 1 heteroatoms. The minimum atomic E-state index is -0.420. The van der Waals surface area contributed by atoms with Crippen LogP contribution in [0.2, 0.25) is 0 Å². The Morgan fingerprint density at radius 3 is 1.52 bits per heavy atom. The summed E-state index contributed by atoms with van der Waals surface area (Å²) in [6, 6.07) is 107. The van der Waals surface area contributed by atoms with E-state index in [-0.39, 0.29) is 0 Å². The van der Waals surface area contributed by atoms with Gasteiger partial charge in [-0.1, -0.05) is 255 Å². The van der Waals surface area contributed by atoms with E-state index in [1.54, 1.807) is 0 Å². The van der Waals surface area contributed by atoms with Crippen molar-refractivity contribution >= 4 is 49.4 Å². The number of hydrogen-bond acceptors (Lipinski definition) is 1. The van der Waals surface area contributed by atoms with E-state index in [2.05, 4.69) is 303 Å². The van der Waals surface area contributed by atoms with Crippen LogP contribution in [0, 0.1) is 0 Å². The van der Waals surface area contributed by atoms with Crippen LogP contribution >= 0.6 is 0 Å². The summed E-state index contributed by atoms with van der Waals surface area (Å²) in [4.78, 5) is 2.50. The molecule has 0 N–H and O–H groups in total. The van der Waals surface area contributed by atoms with E-state index in [0.29, 0.717) is 0 Å². The van der Waals surface area contributed by atoms with Gasteiger partial charge in [0, 0.05) is 16.8 Å². The van der Waals surface area contributed by atoms with E-state index in [9.17, 15) is 0 Å². The van der Waals surface area contributed by atoms with Gasteiger partial charge in [0.1, 0.15) is 0 Å². The molecule has 0 saturated heterocycles. The van der Waals surface area contributed by atoms with Gasteiger partial charge in [-0.05, 0) is 159 Å². The first-order chi connectivity index (χ1) is 37.1. The van der Waals surface area contributed by atoms with Gasteiger partial charge < -0.3 is 4.90 Å². The molecule has 352 valence electrons. The molecule has 1 aliphatic rings. The van der Waals surface area contributed by atoms with E-state index in [1.165, 1.54) is 105 Å². The molecule has 0 heterocycles. The second-order valence-corrected chi connectivity index (χ2v) is 20.1. The molecule has 0 spiro atoms. The monoisotopic (exact) mass is 953 g/mol. The first-order valence-electron chi connectivity index (χ1n) is 26.1. The molecular formula is C74H51N. The normalized spacial score (nSPS) is 13.7. The zero-order chi connectivity index (χ0) is 49.9. The first-order valence-corrected chi connectivity index (χ1v) is 26.1. The van der Waals surface area contributed by atoms with Crippen LogP contribution in [-0.4, -0.2) is 0 Å². The highest BCUT2D eigenvalue weighted by Gasteiger charge is 2.43. The van der Waals surface area contributed by atoms with Gasteiger partial charge in [0.2, 0.25) is 0 Å². The smallest absolute Gasteiger partial charge is 0.0512 e. The Labute approximate surface area is 438 Å². The van der Waals surface area contributed by atoms with Crippen LogP contribution in [0.5, 0.6) is 0 Å². The second kappa shape index (κ2) is 18.2. The van der Waals surface area contributed by atoms with Crippen LogP contribution in [0.15, 0.2) is 291 Å². The second-order valence-electron chi connectivity index (χ2n) is 20.1. The van der Waals surface area contributed by atoms with Crippen molar-refractivity contribution in [2.24, 2.45) is 0 Å². The van der Waals surface area contributed by atoms with Crippen molar-refractivity contribution in [1.82, 2.24) is 0 Å². The Hall–Kier alpha value is -9.56. The SMILES string of the molecule is CC1(c2ccccc2)c2ccccc2-c2cccc(N(c3ccc(-c4ccc(-c5cccc6ccccc56)cc4)cc3)c3cccc(-c4ccc5c(c4)c(-c4ccccc4)c(-c4ccccc4)c4ccccc45)c3)c21. The average molecular weight is 954 g/mol. The van der Waals surface area contributed by atoms with E-state index in [4.69, 9.17) is 0 Å². The number of hydrogen-bond donors (Lipinski definition) is 0. The van der Waals surface area contributed by atoms with Crippen LogP contribution in [0.4, 0.5) is 17.1 Å². The third-order valence-electron chi connectivity index (χ3n) is 15.9. The molecule has 0 radical (unpaired) electrons. The summed E-state index contributed by atoms with van der Waals surface area (Å²) in [5.41, 5.74) is 21.4. The molecule has 1 unspecified atom stereocenters. The number of fused-ring (bicyclic) bond motifs is 7. The lowest BCUT2D eigenvalue weighted by Crippen LogP contribution is -2.25. The fourth-order valence-electron chi connectivity index (χ4n) is 12.4. The van der Waals surface area contributed by atoms with Crippen molar-refractivity contribution in [3.63, 3.8) is 0 Å². The molecule has 13 aromatic rings. The first kappa shape index (κ1) is 44.2. The van der Waals surface area contributed by atoms with Crippen LogP contribution in [0.1, 0.15) is 23.6 Å². The minimum absolute atomic E-state index is 0.420. The topological polar surface area (TPSA) is 3.24 Å². The van der Waals surface area contributed by atoms with Gasteiger partial charge in [0.05, 0.1) is 5.69 Å². The Morgan fingerprint density at radius 2 is 0.773 bits per heavy atom. The van der Waals surface area contributed by atoms with Crippen LogP contribution in [-0.2, 0) is 5.41 Å². The molecule has 0 aliphatic heterocycles.